The molecular formula is C19H32N2. The minimum absolute atomic E-state index is 0.260. The van der Waals surface area contributed by atoms with Crippen molar-refractivity contribution in [1.29, 1.82) is 0 Å². The molecule has 21 heavy (non-hydrogen) atoms. The third-order valence-electron chi connectivity index (χ3n) is 4.32. The lowest BCUT2D eigenvalue weighted by molar-refractivity contribution is 0.279. The summed E-state index contributed by atoms with van der Waals surface area (Å²) < 4.78 is 0. The fourth-order valence-electron chi connectivity index (χ4n) is 3.04. The van der Waals surface area contributed by atoms with Gasteiger partial charge in [0.1, 0.15) is 0 Å². The van der Waals surface area contributed by atoms with Crippen LogP contribution in [0.15, 0.2) is 24.3 Å². The molecule has 0 unspecified atom stereocenters. The number of unbranched alkanes of at least 4 members (excludes halogenated alkanes) is 2. The Kier molecular flexibility index (Phi) is 6.25. The topological polar surface area (TPSA) is 15.3 Å². The Morgan fingerprint density at radius 1 is 0.952 bits per heavy atom. The third-order valence-corrected chi connectivity index (χ3v) is 4.32. The molecule has 2 heteroatoms. The molecule has 1 aromatic rings. The molecule has 0 aromatic heterocycles. The summed E-state index contributed by atoms with van der Waals surface area (Å²) in [5.41, 5.74) is 3.39. The van der Waals surface area contributed by atoms with Crippen LogP contribution in [0.4, 0.5) is 0 Å². The van der Waals surface area contributed by atoms with Gasteiger partial charge in [0, 0.05) is 18.6 Å². The van der Waals surface area contributed by atoms with E-state index in [4.69, 9.17) is 0 Å². The van der Waals surface area contributed by atoms with E-state index in [9.17, 15) is 0 Å². The highest BCUT2D eigenvalue weighted by Gasteiger charge is 2.13. The molecule has 1 aromatic carbocycles. The molecule has 0 amide bonds. The largest absolute Gasteiger partial charge is 0.312 e. The Balaban J connectivity index is 1.60. The van der Waals surface area contributed by atoms with Crippen LogP contribution in [0.1, 0.15) is 51.2 Å². The van der Waals surface area contributed by atoms with Crippen LogP contribution < -0.4 is 5.32 Å². The highest BCUT2D eigenvalue weighted by molar-refractivity contribution is 5.28. The van der Waals surface area contributed by atoms with E-state index in [0.29, 0.717) is 0 Å². The van der Waals surface area contributed by atoms with Crippen molar-refractivity contribution in [3.05, 3.63) is 35.4 Å². The number of nitrogens with zero attached hydrogens (tertiary/aromatic N) is 1. The van der Waals surface area contributed by atoms with E-state index in [-0.39, 0.29) is 5.54 Å². The Morgan fingerprint density at radius 3 is 2.14 bits per heavy atom. The molecule has 0 saturated heterocycles. The second-order valence-electron chi connectivity index (χ2n) is 7.35. The van der Waals surface area contributed by atoms with Crippen molar-refractivity contribution >= 4 is 0 Å². The maximum absolute atomic E-state index is 3.57. The smallest absolute Gasteiger partial charge is 0.00965 e. The third kappa shape index (κ3) is 6.19. The van der Waals surface area contributed by atoms with E-state index in [1.54, 1.807) is 11.1 Å². The van der Waals surface area contributed by atoms with E-state index >= 15 is 0 Å². The maximum atomic E-state index is 3.57. The zero-order valence-electron chi connectivity index (χ0n) is 14.1. The first-order chi connectivity index (χ1) is 10.0. The van der Waals surface area contributed by atoms with Gasteiger partial charge in [-0.2, -0.15) is 0 Å². The van der Waals surface area contributed by atoms with E-state index in [0.717, 1.165) is 6.54 Å². The number of fused-ring (bicyclic) bond motifs is 1. The standard InChI is InChI=1S/C19H32N2/c1-19(2,3)20-13-7-4-8-14-21-15-11-17-9-5-6-10-18(17)12-16-21/h5-6,9-10,20H,4,7-8,11-16H2,1-3H3. The summed E-state index contributed by atoms with van der Waals surface area (Å²) >= 11 is 0. The van der Waals surface area contributed by atoms with E-state index < -0.39 is 0 Å². The summed E-state index contributed by atoms with van der Waals surface area (Å²) in [5.74, 6) is 0. The number of nitrogens with one attached hydrogen (secondary N) is 1. The lowest BCUT2D eigenvalue weighted by Crippen LogP contribution is -2.36. The summed E-state index contributed by atoms with van der Waals surface area (Å²) in [6, 6.07) is 8.96. The van der Waals surface area contributed by atoms with Crippen molar-refractivity contribution < 1.29 is 0 Å². The Bertz CT molecular complexity index is 393. The second-order valence-corrected chi connectivity index (χ2v) is 7.35. The van der Waals surface area contributed by atoms with E-state index in [2.05, 4.69) is 55.3 Å². The molecule has 2 nitrogen and oxygen atoms in total. The fraction of sp³-hybridized carbons (Fsp3) is 0.684. The molecule has 0 spiro atoms. The van der Waals surface area contributed by atoms with Crippen LogP contribution >= 0.6 is 0 Å². The van der Waals surface area contributed by atoms with Crippen LogP contribution in [-0.4, -0.2) is 36.6 Å². The van der Waals surface area contributed by atoms with Crippen LogP contribution in [0.3, 0.4) is 0 Å². The molecule has 0 atom stereocenters. The van der Waals surface area contributed by atoms with Crippen molar-refractivity contribution in [1.82, 2.24) is 10.2 Å². The summed E-state index contributed by atoms with van der Waals surface area (Å²) in [5, 5.41) is 3.57. The first kappa shape index (κ1) is 16.5. The average Bonchev–Trinajstić information content (AvgIpc) is 2.64. The number of hydrogen-bond donors (Lipinski definition) is 1. The van der Waals surface area contributed by atoms with Gasteiger partial charge in [0.15, 0.2) is 0 Å². The van der Waals surface area contributed by atoms with Gasteiger partial charge >= 0.3 is 0 Å². The second kappa shape index (κ2) is 7.95. The van der Waals surface area contributed by atoms with E-state index in [1.807, 2.05) is 0 Å². The number of rotatable bonds is 6. The van der Waals surface area contributed by atoms with Crippen molar-refractivity contribution in [3.8, 4) is 0 Å². The van der Waals surface area contributed by atoms with Gasteiger partial charge in [0.2, 0.25) is 0 Å². The Labute approximate surface area is 130 Å². The summed E-state index contributed by atoms with van der Waals surface area (Å²) in [7, 11) is 0. The van der Waals surface area contributed by atoms with Crippen molar-refractivity contribution in [3.63, 3.8) is 0 Å². The Hall–Kier alpha value is -0.860. The SMILES string of the molecule is CC(C)(C)NCCCCCN1CCc2ccccc2CC1. The van der Waals surface area contributed by atoms with Gasteiger partial charge in [-0.25, -0.2) is 0 Å². The van der Waals surface area contributed by atoms with Gasteiger partial charge in [0.05, 0.1) is 0 Å². The highest BCUT2D eigenvalue weighted by atomic mass is 15.1. The van der Waals surface area contributed by atoms with Gasteiger partial charge in [-0.15, -0.1) is 0 Å². The van der Waals surface area contributed by atoms with Gasteiger partial charge in [-0.05, 0) is 70.7 Å². The minimum atomic E-state index is 0.260. The number of hydrogen-bond acceptors (Lipinski definition) is 2. The first-order valence-electron chi connectivity index (χ1n) is 8.59. The summed E-state index contributed by atoms with van der Waals surface area (Å²) in [6.45, 7) is 11.6. The molecule has 0 fully saturated rings. The highest BCUT2D eigenvalue weighted by Crippen LogP contribution is 2.15. The predicted octanol–water partition coefficient (Wildman–Crippen LogP) is 3.65. The molecule has 118 valence electrons. The van der Waals surface area contributed by atoms with Gasteiger partial charge < -0.3 is 10.2 Å². The molecular weight excluding hydrogens is 256 g/mol. The number of benzene rings is 1. The van der Waals surface area contributed by atoms with Crippen LogP contribution in [0.5, 0.6) is 0 Å². The molecule has 0 aliphatic carbocycles. The fourth-order valence-corrected chi connectivity index (χ4v) is 3.04. The summed E-state index contributed by atoms with van der Waals surface area (Å²) in [4.78, 5) is 2.65. The zero-order chi connectivity index (χ0) is 15.1. The van der Waals surface area contributed by atoms with Crippen molar-refractivity contribution in [2.24, 2.45) is 0 Å². The van der Waals surface area contributed by atoms with Gasteiger partial charge in [0.25, 0.3) is 0 Å². The van der Waals surface area contributed by atoms with Crippen LogP contribution in [-0.2, 0) is 12.8 Å². The monoisotopic (exact) mass is 288 g/mol. The van der Waals surface area contributed by atoms with Crippen LogP contribution in [0.25, 0.3) is 0 Å². The molecule has 0 radical (unpaired) electrons. The van der Waals surface area contributed by atoms with E-state index in [1.165, 1.54) is 51.7 Å². The van der Waals surface area contributed by atoms with Crippen molar-refractivity contribution in [2.45, 2.75) is 58.4 Å². The summed E-state index contributed by atoms with van der Waals surface area (Å²) in [6.07, 6.45) is 6.42. The van der Waals surface area contributed by atoms with Crippen LogP contribution in [0, 0.1) is 0 Å². The zero-order valence-corrected chi connectivity index (χ0v) is 14.1. The molecule has 0 bridgehead atoms. The molecule has 1 N–H and O–H groups in total. The quantitative estimate of drug-likeness (QED) is 0.804. The molecule has 2 rings (SSSR count). The minimum Gasteiger partial charge on any atom is -0.312 e. The first-order valence-corrected chi connectivity index (χ1v) is 8.59. The predicted molar refractivity (Wildman–Crippen MR) is 91.9 cm³/mol. The van der Waals surface area contributed by atoms with Crippen LogP contribution in [0.2, 0.25) is 0 Å². The van der Waals surface area contributed by atoms with Gasteiger partial charge in [-0.3, -0.25) is 0 Å². The molecule has 1 heterocycles. The lowest BCUT2D eigenvalue weighted by atomic mass is 10.0. The molecule has 1 aliphatic rings. The Morgan fingerprint density at radius 2 is 1.57 bits per heavy atom. The average molecular weight is 288 g/mol. The molecule has 0 saturated carbocycles. The lowest BCUT2D eigenvalue weighted by Gasteiger charge is -2.21. The normalized spacial score (nSPS) is 16.5. The van der Waals surface area contributed by atoms with Crippen molar-refractivity contribution in [2.75, 3.05) is 26.2 Å². The molecule has 1 aliphatic heterocycles. The van der Waals surface area contributed by atoms with Gasteiger partial charge in [-0.1, -0.05) is 30.7 Å². The maximum Gasteiger partial charge on any atom is 0.00965 e.